The maximum atomic E-state index is 12.3. The zero-order valence-electron chi connectivity index (χ0n) is 13.4. The van der Waals surface area contributed by atoms with Crippen molar-refractivity contribution >= 4 is 5.91 Å². The summed E-state index contributed by atoms with van der Waals surface area (Å²) in [6, 6.07) is 0. The molecule has 6 nitrogen and oxygen atoms in total. The van der Waals surface area contributed by atoms with Gasteiger partial charge in [0.25, 0.3) is 0 Å². The molecule has 1 N–H and O–H groups in total. The molecule has 0 aromatic carbocycles. The van der Waals surface area contributed by atoms with Crippen LogP contribution in [-0.4, -0.2) is 63.1 Å². The summed E-state index contributed by atoms with van der Waals surface area (Å²) in [6.07, 6.45) is 8.34. The van der Waals surface area contributed by atoms with Crippen LogP contribution in [0.1, 0.15) is 37.9 Å². The second-order valence-corrected chi connectivity index (χ2v) is 6.61. The van der Waals surface area contributed by atoms with Gasteiger partial charge in [0.2, 0.25) is 5.91 Å². The average molecular weight is 306 g/mol. The Balaban J connectivity index is 1.53. The van der Waals surface area contributed by atoms with E-state index in [-0.39, 0.29) is 5.91 Å². The van der Waals surface area contributed by atoms with Crippen LogP contribution < -0.4 is 0 Å². The van der Waals surface area contributed by atoms with Gasteiger partial charge in [0.15, 0.2) is 0 Å². The topological polar surface area (TPSA) is 61.6 Å². The molecule has 3 heterocycles. The number of amides is 1. The number of hydrogen-bond donors (Lipinski definition) is 1. The van der Waals surface area contributed by atoms with Gasteiger partial charge in [0, 0.05) is 45.6 Å². The summed E-state index contributed by atoms with van der Waals surface area (Å²) in [4.78, 5) is 20.8. The molecule has 6 heteroatoms. The molecule has 0 unspecified atom stereocenters. The number of hydrogen-bond acceptors (Lipinski definition) is 4. The van der Waals surface area contributed by atoms with Crippen molar-refractivity contribution in [1.29, 1.82) is 0 Å². The molecule has 122 valence electrons. The molecule has 2 aliphatic rings. The Morgan fingerprint density at radius 1 is 1.23 bits per heavy atom. The summed E-state index contributed by atoms with van der Waals surface area (Å²) < 4.78 is 1.88. The molecule has 22 heavy (non-hydrogen) atoms. The van der Waals surface area contributed by atoms with Crippen molar-refractivity contribution < 1.29 is 9.90 Å². The lowest BCUT2D eigenvalue weighted by molar-refractivity contribution is -0.134. The van der Waals surface area contributed by atoms with E-state index in [1.165, 1.54) is 6.42 Å². The SMILES string of the molecule is Cn1ccnc1C1(O)CCN(CC(=O)N2CCCCC2)CC1. The number of piperidine rings is 2. The summed E-state index contributed by atoms with van der Waals surface area (Å²) in [5, 5.41) is 10.8. The van der Waals surface area contributed by atoms with E-state index < -0.39 is 5.60 Å². The van der Waals surface area contributed by atoms with Gasteiger partial charge in [-0.15, -0.1) is 0 Å². The van der Waals surface area contributed by atoms with Crippen LogP contribution in [0.5, 0.6) is 0 Å². The predicted molar refractivity (Wildman–Crippen MR) is 83.2 cm³/mol. The van der Waals surface area contributed by atoms with E-state index in [0.717, 1.165) is 44.8 Å². The van der Waals surface area contributed by atoms with E-state index in [2.05, 4.69) is 9.88 Å². The second kappa shape index (κ2) is 6.38. The number of rotatable bonds is 3. The first kappa shape index (κ1) is 15.5. The molecule has 0 spiro atoms. The van der Waals surface area contributed by atoms with Gasteiger partial charge in [0.05, 0.1) is 6.54 Å². The number of aromatic nitrogens is 2. The quantitative estimate of drug-likeness (QED) is 0.894. The van der Waals surface area contributed by atoms with Crippen LogP contribution >= 0.6 is 0 Å². The maximum Gasteiger partial charge on any atom is 0.236 e. The van der Waals surface area contributed by atoms with Gasteiger partial charge in [0.1, 0.15) is 11.4 Å². The number of likely N-dealkylation sites (tertiary alicyclic amines) is 2. The monoisotopic (exact) mass is 306 g/mol. The van der Waals surface area contributed by atoms with Gasteiger partial charge >= 0.3 is 0 Å². The number of carbonyl (C=O) groups is 1. The molecule has 0 radical (unpaired) electrons. The molecule has 1 amide bonds. The lowest BCUT2D eigenvalue weighted by Gasteiger charge is -2.38. The summed E-state index contributed by atoms with van der Waals surface area (Å²) >= 11 is 0. The molecular formula is C16H26N4O2. The zero-order valence-corrected chi connectivity index (χ0v) is 13.4. The smallest absolute Gasteiger partial charge is 0.236 e. The molecule has 0 aliphatic carbocycles. The molecule has 3 rings (SSSR count). The first-order valence-electron chi connectivity index (χ1n) is 8.29. The first-order chi connectivity index (χ1) is 10.6. The van der Waals surface area contributed by atoms with Gasteiger partial charge in [-0.05, 0) is 32.1 Å². The minimum atomic E-state index is -0.858. The van der Waals surface area contributed by atoms with E-state index >= 15 is 0 Å². The Labute approximate surface area is 131 Å². The van der Waals surface area contributed by atoms with Crippen molar-refractivity contribution in [3.63, 3.8) is 0 Å². The van der Waals surface area contributed by atoms with Crippen molar-refractivity contribution in [3.8, 4) is 0 Å². The Kier molecular flexibility index (Phi) is 4.49. The van der Waals surface area contributed by atoms with Crippen LogP contribution in [0.4, 0.5) is 0 Å². The predicted octanol–water partition coefficient (Wildman–Crippen LogP) is 0.716. The van der Waals surface area contributed by atoms with Crippen LogP contribution in [-0.2, 0) is 17.4 Å². The van der Waals surface area contributed by atoms with Gasteiger partial charge < -0.3 is 14.6 Å². The Hall–Kier alpha value is -1.40. The first-order valence-corrected chi connectivity index (χ1v) is 8.29. The minimum absolute atomic E-state index is 0.238. The van der Waals surface area contributed by atoms with Crippen molar-refractivity contribution in [2.24, 2.45) is 7.05 Å². The highest BCUT2D eigenvalue weighted by Crippen LogP contribution is 2.31. The summed E-state index contributed by atoms with van der Waals surface area (Å²) in [7, 11) is 1.91. The largest absolute Gasteiger partial charge is 0.382 e. The van der Waals surface area contributed by atoms with Crippen LogP contribution in [0.25, 0.3) is 0 Å². The fourth-order valence-corrected chi connectivity index (χ4v) is 3.55. The number of imidazole rings is 1. The third-order valence-electron chi connectivity index (χ3n) is 4.99. The average Bonchev–Trinajstić information content (AvgIpc) is 2.97. The van der Waals surface area contributed by atoms with Crippen LogP contribution in [0.2, 0.25) is 0 Å². The molecule has 2 fully saturated rings. The highest BCUT2D eigenvalue weighted by molar-refractivity contribution is 5.78. The van der Waals surface area contributed by atoms with E-state index in [1.54, 1.807) is 6.20 Å². The normalized spacial score (nSPS) is 22.7. The van der Waals surface area contributed by atoms with Crippen molar-refractivity contribution in [2.45, 2.75) is 37.7 Å². The number of nitrogens with zero attached hydrogens (tertiary/aromatic N) is 4. The van der Waals surface area contributed by atoms with Gasteiger partial charge in [-0.1, -0.05) is 0 Å². The maximum absolute atomic E-state index is 12.3. The van der Waals surface area contributed by atoms with Crippen LogP contribution in [0.3, 0.4) is 0 Å². The Bertz CT molecular complexity index is 514. The van der Waals surface area contributed by atoms with Crippen LogP contribution in [0, 0.1) is 0 Å². The van der Waals surface area contributed by atoms with Gasteiger partial charge in [-0.3, -0.25) is 9.69 Å². The highest BCUT2D eigenvalue weighted by Gasteiger charge is 2.37. The molecule has 0 saturated carbocycles. The molecule has 2 saturated heterocycles. The van der Waals surface area contributed by atoms with E-state index in [1.807, 2.05) is 22.7 Å². The molecule has 1 aromatic rings. The Morgan fingerprint density at radius 2 is 1.91 bits per heavy atom. The second-order valence-electron chi connectivity index (χ2n) is 6.61. The lowest BCUT2D eigenvalue weighted by Crippen LogP contribution is -2.48. The fraction of sp³-hybridized carbons (Fsp3) is 0.750. The van der Waals surface area contributed by atoms with Crippen molar-refractivity contribution in [2.75, 3.05) is 32.7 Å². The van der Waals surface area contributed by atoms with Gasteiger partial charge in [-0.2, -0.15) is 0 Å². The van der Waals surface area contributed by atoms with E-state index in [9.17, 15) is 9.90 Å². The molecule has 0 atom stereocenters. The summed E-state index contributed by atoms with van der Waals surface area (Å²) in [5.74, 6) is 0.969. The third kappa shape index (κ3) is 3.17. The molecule has 1 aromatic heterocycles. The zero-order chi connectivity index (χ0) is 15.6. The number of carbonyl (C=O) groups excluding carboxylic acids is 1. The van der Waals surface area contributed by atoms with Gasteiger partial charge in [-0.25, -0.2) is 4.98 Å². The molecular weight excluding hydrogens is 280 g/mol. The van der Waals surface area contributed by atoms with E-state index in [4.69, 9.17) is 0 Å². The minimum Gasteiger partial charge on any atom is -0.382 e. The molecule has 0 bridgehead atoms. The Morgan fingerprint density at radius 3 is 2.50 bits per heavy atom. The summed E-state index contributed by atoms with van der Waals surface area (Å²) in [5.41, 5.74) is -0.858. The fourth-order valence-electron chi connectivity index (χ4n) is 3.55. The summed E-state index contributed by atoms with van der Waals surface area (Å²) in [6.45, 7) is 3.77. The highest BCUT2D eigenvalue weighted by atomic mass is 16.3. The molecule has 2 aliphatic heterocycles. The van der Waals surface area contributed by atoms with Crippen molar-refractivity contribution in [3.05, 3.63) is 18.2 Å². The van der Waals surface area contributed by atoms with E-state index in [0.29, 0.717) is 19.4 Å². The third-order valence-corrected chi connectivity index (χ3v) is 4.99. The standard InChI is InChI=1S/C16H26N4O2/c1-18-12-7-17-15(18)16(22)5-10-19(11-6-16)13-14(21)20-8-3-2-4-9-20/h7,12,22H,2-6,8-11,13H2,1H3. The van der Waals surface area contributed by atoms with Crippen LogP contribution in [0.15, 0.2) is 12.4 Å². The number of aliphatic hydroxyl groups is 1. The number of aryl methyl sites for hydroxylation is 1. The lowest BCUT2D eigenvalue weighted by atomic mass is 9.90. The van der Waals surface area contributed by atoms with Crippen molar-refractivity contribution in [1.82, 2.24) is 19.4 Å².